The summed E-state index contributed by atoms with van der Waals surface area (Å²) < 4.78 is 28.8. The molecule has 3 aromatic rings. The molecule has 0 saturated carbocycles. The van der Waals surface area contributed by atoms with Gasteiger partial charge in [0, 0.05) is 17.6 Å². The zero-order valence-electron chi connectivity index (χ0n) is 22.8. The molecule has 2 amide bonds. The molecule has 0 aliphatic heterocycles. The molecule has 0 aromatic heterocycles. The number of nitrogens with one attached hydrogen (secondary N) is 1. The number of amides is 2. The Bertz CT molecular complexity index is 1370. The maximum atomic E-state index is 14.0. The van der Waals surface area contributed by atoms with Crippen molar-refractivity contribution >= 4 is 39.1 Å². The van der Waals surface area contributed by atoms with Gasteiger partial charge in [-0.05, 0) is 75.1 Å². The van der Waals surface area contributed by atoms with Crippen molar-refractivity contribution in [3.63, 3.8) is 0 Å². The van der Waals surface area contributed by atoms with Crippen molar-refractivity contribution in [1.82, 2.24) is 10.2 Å². The van der Waals surface area contributed by atoms with E-state index in [4.69, 9.17) is 11.6 Å². The number of benzene rings is 3. The Labute approximate surface area is 236 Å². The molecule has 7 nitrogen and oxygen atoms in total. The summed E-state index contributed by atoms with van der Waals surface area (Å²) >= 11 is 6.16. The van der Waals surface area contributed by atoms with Gasteiger partial charge in [0.15, 0.2) is 0 Å². The van der Waals surface area contributed by atoms with Gasteiger partial charge >= 0.3 is 0 Å². The lowest BCUT2D eigenvalue weighted by Crippen LogP contribution is -2.54. The summed E-state index contributed by atoms with van der Waals surface area (Å²) in [5.41, 5.74) is 1.96. The fraction of sp³-hybridized carbons (Fsp3) is 0.333. The summed E-state index contributed by atoms with van der Waals surface area (Å²) in [7, 11) is -4.11. The fourth-order valence-corrected chi connectivity index (χ4v) is 6.13. The molecule has 0 aliphatic carbocycles. The SMILES string of the molecule is CCC(C(=O)NC(C)C)N(CCc1ccccc1)C(=O)CN(c1ccc(Cl)cc1C)S(=O)(=O)c1ccccc1. The fourth-order valence-electron chi connectivity index (χ4n) is 4.41. The minimum absolute atomic E-state index is 0.0626. The quantitative estimate of drug-likeness (QED) is 0.324. The maximum absolute atomic E-state index is 14.0. The van der Waals surface area contributed by atoms with E-state index in [1.807, 2.05) is 51.1 Å². The standard InChI is InChI=1S/C30H36ClN3O4S/c1-5-27(30(36)32-22(2)3)33(19-18-24-12-8-6-9-13-24)29(35)21-34(28-17-16-25(31)20-23(28)4)39(37,38)26-14-10-7-11-15-26/h6-17,20,22,27H,5,18-19,21H2,1-4H3,(H,32,36). The van der Waals surface area contributed by atoms with Crippen LogP contribution in [0.2, 0.25) is 5.02 Å². The minimum atomic E-state index is -4.11. The van der Waals surface area contributed by atoms with Gasteiger partial charge in [-0.15, -0.1) is 0 Å². The van der Waals surface area contributed by atoms with Crippen LogP contribution in [0.1, 0.15) is 38.3 Å². The first-order chi connectivity index (χ1) is 18.5. The van der Waals surface area contributed by atoms with Crippen LogP contribution < -0.4 is 9.62 Å². The summed E-state index contributed by atoms with van der Waals surface area (Å²) in [6, 6.07) is 21.7. The van der Waals surface area contributed by atoms with Crippen LogP contribution in [-0.2, 0) is 26.0 Å². The van der Waals surface area contributed by atoms with Gasteiger partial charge in [-0.3, -0.25) is 13.9 Å². The summed E-state index contributed by atoms with van der Waals surface area (Å²) in [6.45, 7) is 7.09. The zero-order chi connectivity index (χ0) is 28.6. The van der Waals surface area contributed by atoms with E-state index in [0.717, 1.165) is 9.87 Å². The van der Waals surface area contributed by atoms with Crippen molar-refractivity contribution in [3.8, 4) is 0 Å². The first kappa shape index (κ1) is 30.2. The second-order valence-electron chi connectivity index (χ2n) is 9.67. The summed E-state index contributed by atoms with van der Waals surface area (Å²) in [4.78, 5) is 28.7. The van der Waals surface area contributed by atoms with Crippen molar-refractivity contribution < 1.29 is 18.0 Å². The monoisotopic (exact) mass is 569 g/mol. The number of sulfonamides is 1. The van der Waals surface area contributed by atoms with Crippen molar-refractivity contribution in [2.75, 3.05) is 17.4 Å². The van der Waals surface area contributed by atoms with E-state index in [9.17, 15) is 18.0 Å². The molecule has 1 atom stereocenters. The lowest BCUT2D eigenvalue weighted by atomic mass is 10.1. The second-order valence-corrected chi connectivity index (χ2v) is 12.0. The Kier molecular flexibility index (Phi) is 10.5. The molecule has 0 spiro atoms. The van der Waals surface area contributed by atoms with Gasteiger partial charge in [0.2, 0.25) is 11.8 Å². The number of rotatable bonds is 12. The van der Waals surface area contributed by atoms with Gasteiger partial charge < -0.3 is 10.2 Å². The summed E-state index contributed by atoms with van der Waals surface area (Å²) in [6.07, 6.45) is 0.897. The Morgan fingerprint density at radius 3 is 2.13 bits per heavy atom. The average molecular weight is 570 g/mol. The van der Waals surface area contributed by atoms with Crippen molar-refractivity contribution in [2.24, 2.45) is 0 Å². The average Bonchev–Trinajstić information content (AvgIpc) is 2.90. The molecule has 0 bridgehead atoms. The number of hydrogen-bond acceptors (Lipinski definition) is 4. The molecule has 0 fully saturated rings. The number of carbonyl (C=O) groups excluding carboxylic acids is 2. The predicted molar refractivity (Wildman–Crippen MR) is 156 cm³/mol. The largest absolute Gasteiger partial charge is 0.352 e. The highest BCUT2D eigenvalue weighted by Crippen LogP contribution is 2.29. The van der Waals surface area contributed by atoms with E-state index in [2.05, 4.69) is 5.32 Å². The van der Waals surface area contributed by atoms with E-state index in [1.165, 1.54) is 17.0 Å². The number of aryl methyl sites for hydroxylation is 1. The Hall–Kier alpha value is -3.36. The van der Waals surface area contributed by atoms with Gasteiger partial charge in [0.25, 0.3) is 10.0 Å². The molecule has 0 saturated heterocycles. The molecule has 1 unspecified atom stereocenters. The maximum Gasteiger partial charge on any atom is 0.264 e. The molecule has 1 N–H and O–H groups in total. The van der Waals surface area contributed by atoms with Crippen LogP contribution in [-0.4, -0.2) is 50.3 Å². The van der Waals surface area contributed by atoms with Crippen LogP contribution >= 0.6 is 11.6 Å². The van der Waals surface area contributed by atoms with Crippen molar-refractivity contribution in [1.29, 1.82) is 0 Å². The van der Waals surface area contributed by atoms with E-state index < -0.39 is 28.5 Å². The Morgan fingerprint density at radius 1 is 0.949 bits per heavy atom. The smallest absolute Gasteiger partial charge is 0.264 e. The van der Waals surface area contributed by atoms with Gasteiger partial charge in [0.1, 0.15) is 12.6 Å². The van der Waals surface area contributed by atoms with E-state index in [1.54, 1.807) is 43.3 Å². The molecule has 3 aromatic carbocycles. The van der Waals surface area contributed by atoms with Crippen molar-refractivity contribution in [2.45, 2.75) is 57.5 Å². The van der Waals surface area contributed by atoms with Gasteiger partial charge in [0.05, 0.1) is 10.6 Å². The van der Waals surface area contributed by atoms with Gasteiger partial charge in [-0.2, -0.15) is 0 Å². The predicted octanol–water partition coefficient (Wildman–Crippen LogP) is 5.22. The lowest BCUT2D eigenvalue weighted by molar-refractivity contribution is -0.139. The number of anilines is 1. The summed E-state index contributed by atoms with van der Waals surface area (Å²) in [5.74, 6) is -0.736. The molecule has 0 radical (unpaired) electrons. The molecular weight excluding hydrogens is 534 g/mol. The highest BCUT2D eigenvalue weighted by molar-refractivity contribution is 7.92. The molecular formula is C30H36ClN3O4S. The third kappa shape index (κ3) is 7.83. The van der Waals surface area contributed by atoms with Gasteiger partial charge in [-0.1, -0.05) is 67.1 Å². The van der Waals surface area contributed by atoms with Crippen LogP contribution in [0.15, 0.2) is 83.8 Å². The zero-order valence-corrected chi connectivity index (χ0v) is 24.4. The third-order valence-corrected chi connectivity index (χ3v) is 8.35. The summed E-state index contributed by atoms with van der Waals surface area (Å²) in [5, 5.41) is 3.36. The van der Waals surface area contributed by atoms with E-state index in [0.29, 0.717) is 29.1 Å². The normalized spacial score (nSPS) is 12.2. The minimum Gasteiger partial charge on any atom is -0.352 e. The molecule has 0 aliphatic rings. The van der Waals surface area contributed by atoms with Crippen LogP contribution in [0.25, 0.3) is 0 Å². The molecule has 3 rings (SSSR count). The highest BCUT2D eigenvalue weighted by atomic mass is 35.5. The Balaban J connectivity index is 2.03. The molecule has 39 heavy (non-hydrogen) atoms. The van der Waals surface area contributed by atoms with Gasteiger partial charge in [-0.25, -0.2) is 8.42 Å². The lowest BCUT2D eigenvalue weighted by Gasteiger charge is -2.34. The van der Waals surface area contributed by atoms with Crippen LogP contribution in [0.5, 0.6) is 0 Å². The second kappa shape index (κ2) is 13.6. The third-order valence-electron chi connectivity index (χ3n) is 6.34. The van der Waals surface area contributed by atoms with Crippen molar-refractivity contribution in [3.05, 3.63) is 95.0 Å². The topological polar surface area (TPSA) is 86.8 Å². The number of hydrogen-bond donors (Lipinski definition) is 1. The van der Waals surface area contributed by atoms with E-state index in [-0.39, 0.29) is 23.4 Å². The van der Waals surface area contributed by atoms with Crippen LogP contribution in [0.4, 0.5) is 5.69 Å². The van der Waals surface area contributed by atoms with E-state index >= 15 is 0 Å². The number of nitrogens with zero attached hydrogens (tertiary/aromatic N) is 2. The molecule has 0 heterocycles. The molecule has 208 valence electrons. The van der Waals surface area contributed by atoms with Crippen LogP contribution in [0, 0.1) is 6.92 Å². The Morgan fingerprint density at radius 2 is 1.56 bits per heavy atom. The molecule has 9 heteroatoms. The highest BCUT2D eigenvalue weighted by Gasteiger charge is 2.34. The number of halogens is 1. The first-order valence-electron chi connectivity index (χ1n) is 13.0. The van der Waals surface area contributed by atoms with Crippen LogP contribution in [0.3, 0.4) is 0 Å². The first-order valence-corrected chi connectivity index (χ1v) is 14.8. The number of carbonyl (C=O) groups is 2.